The van der Waals surface area contributed by atoms with Crippen LogP contribution >= 0.6 is 15.9 Å². The van der Waals surface area contributed by atoms with E-state index in [2.05, 4.69) is 58.2 Å². The first-order valence-corrected chi connectivity index (χ1v) is 5.24. The van der Waals surface area contributed by atoms with Crippen LogP contribution in [0.1, 0.15) is 12.0 Å². The molecule has 0 aromatic heterocycles. The van der Waals surface area contributed by atoms with Crippen LogP contribution in [0.3, 0.4) is 0 Å². The van der Waals surface area contributed by atoms with Crippen molar-refractivity contribution < 1.29 is 0 Å². The SMILES string of the molecule is CN1CCC=C1c1ccc(Br)cc1. The second-order valence-corrected chi connectivity index (χ2v) is 4.22. The summed E-state index contributed by atoms with van der Waals surface area (Å²) in [5.74, 6) is 0. The fourth-order valence-electron chi connectivity index (χ4n) is 1.63. The Balaban J connectivity index is 2.30. The molecule has 1 nitrogen and oxygen atoms in total. The first kappa shape index (κ1) is 8.82. The van der Waals surface area contributed by atoms with Crippen LogP contribution in [0.15, 0.2) is 34.8 Å². The highest BCUT2D eigenvalue weighted by Crippen LogP contribution is 2.24. The molecule has 0 unspecified atom stereocenters. The standard InChI is InChI=1S/C11H12BrN/c1-13-8-2-3-11(13)9-4-6-10(12)7-5-9/h3-7H,2,8H2,1H3. The maximum atomic E-state index is 3.44. The van der Waals surface area contributed by atoms with Gasteiger partial charge >= 0.3 is 0 Å². The van der Waals surface area contributed by atoms with Crippen molar-refractivity contribution in [2.45, 2.75) is 6.42 Å². The zero-order chi connectivity index (χ0) is 9.26. The third-order valence-corrected chi connectivity index (χ3v) is 2.88. The number of hydrogen-bond acceptors (Lipinski definition) is 1. The molecule has 68 valence electrons. The first-order chi connectivity index (χ1) is 6.27. The monoisotopic (exact) mass is 237 g/mol. The van der Waals surface area contributed by atoms with Crippen molar-refractivity contribution in [1.29, 1.82) is 0 Å². The summed E-state index contributed by atoms with van der Waals surface area (Å²) < 4.78 is 1.14. The molecule has 1 aromatic carbocycles. The Bertz CT molecular complexity index is 326. The minimum Gasteiger partial charge on any atom is -0.374 e. The van der Waals surface area contributed by atoms with Gasteiger partial charge in [-0.3, -0.25) is 0 Å². The van der Waals surface area contributed by atoms with E-state index in [9.17, 15) is 0 Å². The van der Waals surface area contributed by atoms with Crippen molar-refractivity contribution >= 4 is 21.6 Å². The molecule has 1 aromatic rings. The summed E-state index contributed by atoms with van der Waals surface area (Å²) in [6.45, 7) is 1.14. The van der Waals surface area contributed by atoms with E-state index in [4.69, 9.17) is 0 Å². The molecule has 1 aliphatic heterocycles. The molecular formula is C11H12BrN. The zero-order valence-electron chi connectivity index (χ0n) is 7.63. The van der Waals surface area contributed by atoms with Gasteiger partial charge in [-0.25, -0.2) is 0 Å². The highest BCUT2D eigenvalue weighted by Gasteiger charge is 2.11. The summed E-state index contributed by atoms with van der Waals surface area (Å²) in [5, 5.41) is 0. The van der Waals surface area contributed by atoms with Gasteiger partial charge in [0, 0.05) is 23.8 Å². The second-order valence-electron chi connectivity index (χ2n) is 3.31. The number of halogens is 1. The molecule has 0 N–H and O–H groups in total. The minimum absolute atomic E-state index is 1.14. The van der Waals surface area contributed by atoms with E-state index in [0.29, 0.717) is 0 Å². The van der Waals surface area contributed by atoms with Crippen molar-refractivity contribution in [2.24, 2.45) is 0 Å². The Morgan fingerprint density at radius 2 is 1.92 bits per heavy atom. The van der Waals surface area contributed by atoms with Crippen LogP contribution in [-0.2, 0) is 0 Å². The van der Waals surface area contributed by atoms with E-state index in [-0.39, 0.29) is 0 Å². The maximum Gasteiger partial charge on any atom is 0.0397 e. The molecule has 13 heavy (non-hydrogen) atoms. The number of benzene rings is 1. The van der Waals surface area contributed by atoms with E-state index in [1.54, 1.807) is 0 Å². The molecular weight excluding hydrogens is 226 g/mol. The molecule has 1 aliphatic rings. The summed E-state index contributed by atoms with van der Waals surface area (Å²) in [6, 6.07) is 8.47. The van der Waals surface area contributed by atoms with Crippen LogP contribution in [0.5, 0.6) is 0 Å². The van der Waals surface area contributed by atoms with Gasteiger partial charge < -0.3 is 4.90 Å². The van der Waals surface area contributed by atoms with Crippen LogP contribution in [0.25, 0.3) is 5.70 Å². The maximum absolute atomic E-state index is 3.44. The minimum atomic E-state index is 1.14. The van der Waals surface area contributed by atoms with Gasteiger partial charge in [-0.1, -0.05) is 34.1 Å². The second kappa shape index (κ2) is 3.54. The highest BCUT2D eigenvalue weighted by molar-refractivity contribution is 9.10. The lowest BCUT2D eigenvalue weighted by Crippen LogP contribution is -2.11. The van der Waals surface area contributed by atoms with Gasteiger partial charge in [0.1, 0.15) is 0 Å². The van der Waals surface area contributed by atoms with Gasteiger partial charge in [0.05, 0.1) is 0 Å². The van der Waals surface area contributed by atoms with Crippen LogP contribution in [0.4, 0.5) is 0 Å². The van der Waals surface area contributed by atoms with Crippen LogP contribution in [0.2, 0.25) is 0 Å². The molecule has 0 spiro atoms. The van der Waals surface area contributed by atoms with Crippen LogP contribution < -0.4 is 0 Å². The molecule has 0 amide bonds. The molecule has 0 atom stereocenters. The van der Waals surface area contributed by atoms with Crippen molar-refractivity contribution in [1.82, 2.24) is 4.90 Å². The quantitative estimate of drug-likeness (QED) is 0.726. The van der Waals surface area contributed by atoms with Crippen molar-refractivity contribution in [3.05, 3.63) is 40.4 Å². The first-order valence-electron chi connectivity index (χ1n) is 4.44. The molecule has 0 bridgehead atoms. The number of rotatable bonds is 1. The van der Waals surface area contributed by atoms with Gasteiger partial charge in [0.25, 0.3) is 0 Å². The largest absolute Gasteiger partial charge is 0.374 e. The van der Waals surface area contributed by atoms with Gasteiger partial charge in [-0.2, -0.15) is 0 Å². The van der Waals surface area contributed by atoms with Gasteiger partial charge in [-0.15, -0.1) is 0 Å². The van der Waals surface area contributed by atoms with Crippen molar-refractivity contribution in [2.75, 3.05) is 13.6 Å². The number of nitrogens with zero attached hydrogens (tertiary/aromatic N) is 1. The predicted molar refractivity (Wildman–Crippen MR) is 59.4 cm³/mol. The molecule has 0 radical (unpaired) electrons. The summed E-state index contributed by atoms with van der Waals surface area (Å²) in [6.07, 6.45) is 3.46. The zero-order valence-corrected chi connectivity index (χ0v) is 9.21. The molecule has 2 rings (SSSR count). The topological polar surface area (TPSA) is 3.24 Å². The fourth-order valence-corrected chi connectivity index (χ4v) is 1.89. The van der Waals surface area contributed by atoms with E-state index in [1.165, 1.54) is 17.7 Å². The molecule has 0 saturated carbocycles. The highest BCUT2D eigenvalue weighted by atomic mass is 79.9. The average Bonchev–Trinajstić information content (AvgIpc) is 2.53. The van der Waals surface area contributed by atoms with Crippen molar-refractivity contribution in [3.63, 3.8) is 0 Å². The van der Waals surface area contributed by atoms with E-state index < -0.39 is 0 Å². The Hall–Kier alpha value is -0.760. The molecule has 1 heterocycles. The Kier molecular flexibility index (Phi) is 2.40. The van der Waals surface area contributed by atoms with Crippen molar-refractivity contribution in [3.8, 4) is 0 Å². The molecule has 0 fully saturated rings. The molecule has 0 saturated heterocycles. The average molecular weight is 238 g/mol. The van der Waals surface area contributed by atoms with E-state index in [0.717, 1.165) is 11.0 Å². The lowest BCUT2D eigenvalue weighted by Gasteiger charge is -2.16. The normalized spacial score (nSPS) is 16.2. The fraction of sp³-hybridized carbons (Fsp3) is 0.273. The van der Waals surface area contributed by atoms with Crippen LogP contribution in [-0.4, -0.2) is 18.5 Å². The molecule has 0 aliphatic carbocycles. The lowest BCUT2D eigenvalue weighted by atomic mass is 10.1. The lowest BCUT2D eigenvalue weighted by molar-refractivity contribution is 0.517. The van der Waals surface area contributed by atoms with Gasteiger partial charge in [0.15, 0.2) is 0 Å². The van der Waals surface area contributed by atoms with Gasteiger partial charge in [-0.05, 0) is 24.1 Å². The van der Waals surface area contributed by atoms with Gasteiger partial charge in [0.2, 0.25) is 0 Å². The third-order valence-electron chi connectivity index (χ3n) is 2.35. The molecule has 2 heteroatoms. The Labute approximate surface area is 87.2 Å². The summed E-state index contributed by atoms with van der Waals surface area (Å²) in [4.78, 5) is 2.29. The predicted octanol–water partition coefficient (Wildman–Crippen LogP) is 3.13. The smallest absolute Gasteiger partial charge is 0.0397 e. The Morgan fingerprint density at radius 3 is 2.46 bits per heavy atom. The summed E-state index contributed by atoms with van der Waals surface area (Å²) in [5.41, 5.74) is 2.66. The summed E-state index contributed by atoms with van der Waals surface area (Å²) in [7, 11) is 2.14. The Morgan fingerprint density at radius 1 is 1.23 bits per heavy atom. The van der Waals surface area contributed by atoms with E-state index in [1.807, 2.05) is 0 Å². The number of hydrogen-bond donors (Lipinski definition) is 0. The summed E-state index contributed by atoms with van der Waals surface area (Å²) >= 11 is 3.44. The third kappa shape index (κ3) is 1.78. The van der Waals surface area contributed by atoms with E-state index >= 15 is 0 Å². The van der Waals surface area contributed by atoms with Crippen LogP contribution in [0, 0.1) is 0 Å².